The lowest BCUT2D eigenvalue weighted by Gasteiger charge is -2.48. The van der Waals surface area contributed by atoms with Crippen molar-refractivity contribution in [1.82, 2.24) is 0 Å². The molecule has 2 nitrogen and oxygen atoms in total. The van der Waals surface area contributed by atoms with Crippen LogP contribution in [0.15, 0.2) is 12.2 Å². The average molecular weight is 248 g/mol. The van der Waals surface area contributed by atoms with Gasteiger partial charge in [0.05, 0.1) is 13.0 Å². The quantitative estimate of drug-likeness (QED) is 0.524. The molecule has 100 valence electrons. The summed E-state index contributed by atoms with van der Waals surface area (Å²) in [6.45, 7) is 9.11. The second kappa shape index (κ2) is 3.61. The lowest BCUT2D eigenvalue weighted by atomic mass is 9.56. The van der Waals surface area contributed by atoms with Gasteiger partial charge in [-0.05, 0) is 54.8 Å². The number of esters is 1. The molecule has 0 aromatic heterocycles. The molecule has 18 heavy (non-hydrogen) atoms. The number of hydrogen-bond acceptors (Lipinski definition) is 2. The van der Waals surface area contributed by atoms with E-state index in [1.807, 2.05) is 0 Å². The van der Waals surface area contributed by atoms with E-state index in [-0.39, 0.29) is 22.7 Å². The summed E-state index contributed by atoms with van der Waals surface area (Å²) in [6.07, 6.45) is 5.80. The van der Waals surface area contributed by atoms with E-state index in [0.717, 1.165) is 12.8 Å². The number of rotatable bonds is 1. The fraction of sp³-hybridized carbons (Fsp3) is 0.812. The Hall–Kier alpha value is -0.790. The van der Waals surface area contributed by atoms with Crippen molar-refractivity contribution in [3.05, 3.63) is 12.2 Å². The normalized spacial score (nSPS) is 44.8. The van der Waals surface area contributed by atoms with Crippen LogP contribution in [0.3, 0.4) is 0 Å². The molecule has 0 aliphatic heterocycles. The topological polar surface area (TPSA) is 26.3 Å². The van der Waals surface area contributed by atoms with Gasteiger partial charge in [0, 0.05) is 0 Å². The van der Waals surface area contributed by atoms with Gasteiger partial charge < -0.3 is 4.74 Å². The Morgan fingerprint density at radius 1 is 1.33 bits per heavy atom. The number of methoxy groups -OCH3 is 1. The molecule has 4 unspecified atom stereocenters. The van der Waals surface area contributed by atoms with Gasteiger partial charge in [0.25, 0.3) is 0 Å². The Balaban J connectivity index is 2.00. The summed E-state index contributed by atoms with van der Waals surface area (Å²) < 4.78 is 5.05. The highest BCUT2D eigenvalue weighted by Gasteiger charge is 2.63. The maximum absolute atomic E-state index is 12.1. The molecule has 0 saturated heterocycles. The van der Waals surface area contributed by atoms with Crippen molar-refractivity contribution >= 4 is 5.97 Å². The summed E-state index contributed by atoms with van der Waals surface area (Å²) >= 11 is 0. The van der Waals surface area contributed by atoms with Gasteiger partial charge in [-0.1, -0.05) is 26.0 Å². The summed E-state index contributed by atoms with van der Waals surface area (Å²) in [4.78, 5) is 12.1. The van der Waals surface area contributed by atoms with Crippen LogP contribution in [0.5, 0.6) is 0 Å². The molecule has 2 heteroatoms. The summed E-state index contributed by atoms with van der Waals surface area (Å²) in [5.41, 5.74) is 1.86. The first-order valence-corrected chi connectivity index (χ1v) is 7.20. The second-order valence-electron chi connectivity index (χ2n) is 7.13. The third-order valence-electron chi connectivity index (χ3n) is 6.47. The van der Waals surface area contributed by atoms with Gasteiger partial charge in [-0.3, -0.25) is 4.79 Å². The molecule has 3 saturated carbocycles. The first-order chi connectivity index (χ1) is 8.43. The monoisotopic (exact) mass is 248 g/mol. The molecule has 2 bridgehead atoms. The SMILES string of the molecule is C=C1C2CCC(C(=O)OC)C23CCC(C3)C1(C)C. The van der Waals surface area contributed by atoms with Crippen molar-refractivity contribution in [3.63, 3.8) is 0 Å². The summed E-state index contributed by atoms with van der Waals surface area (Å²) in [5.74, 6) is 1.41. The van der Waals surface area contributed by atoms with Crippen LogP contribution in [0.25, 0.3) is 0 Å². The molecule has 0 amide bonds. The van der Waals surface area contributed by atoms with Crippen molar-refractivity contribution in [3.8, 4) is 0 Å². The molecule has 0 aromatic carbocycles. The zero-order chi connectivity index (χ0) is 13.1. The van der Waals surface area contributed by atoms with Crippen molar-refractivity contribution in [2.45, 2.75) is 46.0 Å². The van der Waals surface area contributed by atoms with E-state index in [9.17, 15) is 4.79 Å². The minimum absolute atomic E-state index is 0.0191. The smallest absolute Gasteiger partial charge is 0.309 e. The molecule has 0 heterocycles. The molecule has 1 spiro atoms. The molecule has 0 N–H and O–H groups in total. The summed E-state index contributed by atoms with van der Waals surface area (Å²) in [7, 11) is 1.53. The van der Waals surface area contributed by atoms with Crippen molar-refractivity contribution < 1.29 is 9.53 Å². The van der Waals surface area contributed by atoms with Crippen molar-refractivity contribution in [1.29, 1.82) is 0 Å². The van der Waals surface area contributed by atoms with Gasteiger partial charge in [0.15, 0.2) is 0 Å². The molecular formula is C16H24O2. The lowest BCUT2D eigenvalue weighted by molar-refractivity contribution is -0.150. The van der Waals surface area contributed by atoms with Crippen LogP contribution in [0.2, 0.25) is 0 Å². The molecule has 3 rings (SSSR count). The Morgan fingerprint density at radius 2 is 2.06 bits per heavy atom. The van der Waals surface area contributed by atoms with Crippen LogP contribution in [0.1, 0.15) is 46.0 Å². The number of ether oxygens (including phenoxy) is 1. The number of hydrogen-bond donors (Lipinski definition) is 0. The fourth-order valence-corrected chi connectivity index (χ4v) is 5.23. The average Bonchev–Trinajstić information content (AvgIpc) is 2.92. The van der Waals surface area contributed by atoms with Crippen LogP contribution < -0.4 is 0 Å². The van der Waals surface area contributed by atoms with E-state index in [4.69, 9.17) is 4.74 Å². The first kappa shape index (κ1) is 12.3. The predicted molar refractivity (Wildman–Crippen MR) is 70.9 cm³/mol. The minimum atomic E-state index is 0.0191. The molecule has 4 atom stereocenters. The predicted octanol–water partition coefficient (Wildman–Crippen LogP) is 3.57. The van der Waals surface area contributed by atoms with Gasteiger partial charge in [-0.15, -0.1) is 0 Å². The summed E-state index contributed by atoms with van der Waals surface area (Å²) in [5, 5.41) is 0. The second-order valence-corrected chi connectivity index (χ2v) is 7.13. The van der Waals surface area contributed by atoms with Gasteiger partial charge in [-0.25, -0.2) is 0 Å². The maximum Gasteiger partial charge on any atom is 0.309 e. The first-order valence-electron chi connectivity index (χ1n) is 7.20. The maximum atomic E-state index is 12.1. The van der Waals surface area contributed by atoms with Crippen molar-refractivity contribution in [2.24, 2.45) is 28.6 Å². The standard InChI is InChI=1S/C16H24O2/c1-10-12-5-6-13(14(17)18-4)16(12)8-7-11(9-16)15(10,2)3/h11-13H,1,5-9H2,2-4H3. The van der Waals surface area contributed by atoms with E-state index in [2.05, 4.69) is 20.4 Å². The molecule has 0 aromatic rings. The Labute approximate surface area is 110 Å². The number of allylic oxidation sites excluding steroid dienone is 1. The summed E-state index contributed by atoms with van der Waals surface area (Å²) in [6, 6.07) is 0. The van der Waals surface area contributed by atoms with E-state index >= 15 is 0 Å². The molecule has 3 aliphatic rings. The minimum Gasteiger partial charge on any atom is -0.469 e. The highest BCUT2D eigenvalue weighted by atomic mass is 16.5. The third kappa shape index (κ3) is 1.27. The van der Waals surface area contributed by atoms with E-state index < -0.39 is 0 Å². The van der Waals surface area contributed by atoms with Crippen LogP contribution in [-0.4, -0.2) is 13.1 Å². The Bertz CT molecular complexity index is 409. The van der Waals surface area contributed by atoms with Gasteiger partial charge in [0.2, 0.25) is 0 Å². The van der Waals surface area contributed by atoms with Crippen LogP contribution in [-0.2, 0) is 9.53 Å². The van der Waals surface area contributed by atoms with E-state index in [0.29, 0.717) is 11.8 Å². The van der Waals surface area contributed by atoms with Gasteiger partial charge in [0.1, 0.15) is 0 Å². The number of fused-ring (bicyclic) bond motifs is 1. The van der Waals surface area contributed by atoms with Crippen LogP contribution >= 0.6 is 0 Å². The van der Waals surface area contributed by atoms with E-state index in [1.165, 1.54) is 31.9 Å². The molecule has 3 aliphatic carbocycles. The third-order valence-corrected chi connectivity index (χ3v) is 6.47. The molecule has 3 fully saturated rings. The number of carbonyl (C=O) groups is 1. The van der Waals surface area contributed by atoms with Gasteiger partial charge in [-0.2, -0.15) is 0 Å². The Morgan fingerprint density at radius 3 is 2.72 bits per heavy atom. The zero-order valence-corrected chi connectivity index (χ0v) is 11.8. The van der Waals surface area contributed by atoms with Crippen LogP contribution in [0.4, 0.5) is 0 Å². The highest BCUT2D eigenvalue weighted by Crippen LogP contribution is 2.70. The van der Waals surface area contributed by atoms with Crippen LogP contribution in [0, 0.1) is 28.6 Å². The molecular weight excluding hydrogens is 224 g/mol. The van der Waals surface area contributed by atoms with Gasteiger partial charge >= 0.3 is 5.97 Å². The Kier molecular flexibility index (Phi) is 2.46. The fourth-order valence-electron chi connectivity index (χ4n) is 5.23. The largest absolute Gasteiger partial charge is 0.469 e. The molecule has 0 radical (unpaired) electrons. The van der Waals surface area contributed by atoms with E-state index in [1.54, 1.807) is 0 Å². The highest BCUT2D eigenvalue weighted by molar-refractivity contribution is 5.74. The lowest BCUT2D eigenvalue weighted by Crippen LogP contribution is -2.43. The zero-order valence-electron chi connectivity index (χ0n) is 11.8. The van der Waals surface area contributed by atoms with Crippen molar-refractivity contribution in [2.75, 3.05) is 7.11 Å². The number of carbonyl (C=O) groups excluding carboxylic acids is 1.